The molecule has 0 saturated carbocycles. The van der Waals surface area contributed by atoms with E-state index < -0.39 is 6.36 Å². The summed E-state index contributed by atoms with van der Waals surface area (Å²) in [6, 6.07) is 9.62. The van der Waals surface area contributed by atoms with Crippen LogP contribution in [0.3, 0.4) is 0 Å². The Morgan fingerprint density at radius 3 is 2.30 bits per heavy atom. The van der Waals surface area contributed by atoms with E-state index in [0.29, 0.717) is 10.6 Å². The summed E-state index contributed by atoms with van der Waals surface area (Å²) < 4.78 is 40.7. The summed E-state index contributed by atoms with van der Waals surface area (Å²) in [5.74, 6) is -0.280. The van der Waals surface area contributed by atoms with Crippen molar-refractivity contribution < 1.29 is 17.9 Å². The normalized spacial score (nSPS) is 11.5. The molecule has 0 radical (unpaired) electrons. The predicted octanol–water partition coefficient (Wildman–Crippen LogP) is 5.52. The molecule has 2 aromatic carbocycles. The fourth-order valence-corrected chi connectivity index (χ4v) is 2.15. The van der Waals surface area contributed by atoms with E-state index in [9.17, 15) is 13.2 Å². The molecule has 0 aliphatic carbocycles. The number of ether oxygens (including phenoxy) is 1. The average molecular weight is 301 g/mol. The lowest BCUT2D eigenvalue weighted by Gasteiger charge is -2.13. The number of hydrogen-bond donors (Lipinski definition) is 0. The Labute approximate surface area is 119 Å². The minimum Gasteiger partial charge on any atom is -0.406 e. The van der Waals surface area contributed by atoms with Crippen LogP contribution in [0.5, 0.6) is 5.75 Å². The maximum absolute atomic E-state index is 12.3. The van der Waals surface area contributed by atoms with Crippen LogP contribution in [0.25, 0.3) is 11.1 Å². The third-order valence-corrected chi connectivity index (χ3v) is 3.18. The summed E-state index contributed by atoms with van der Waals surface area (Å²) in [5, 5.41) is 0.383. The highest BCUT2D eigenvalue weighted by Gasteiger charge is 2.31. The first kappa shape index (κ1) is 14.7. The van der Waals surface area contributed by atoms with Gasteiger partial charge in [0.05, 0.1) is 0 Å². The van der Waals surface area contributed by atoms with Crippen molar-refractivity contribution in [1.29, 1.82) is 0 Å². The van der Waals surface area contributed by atoms with Crippen molar-refractivity contribution in [2.45, 2.75) is 20.2 Å². The van der Waals surface area contributed by atoms with Crippen molar-refractivity contribution in [2.24, 2.45) is 0 Å². The van der Waals surface area contributed by atoms with Crippen molar-refractivity contribution in [1.82, 2.24) is 0 Å². The first-order valence-electron chi connectivity index (χ1n) is 5.89. The number of benzene rings is 2. The number of rotatable bonds is 2. The van der Waals surface area contributed by atoms with Crippen molar-refractivity contribution in [3.63, 3.8) is 0 Å². The zero-order valence-electron chi connectivity index (χ0n) is 10.9. The molecule has 2 rings (SSSR count). The second-order valence-electron chi connectivity index (χ2n) is 4.51. The largest absolute Gasteiger partial charge is 0.573 e. The second-order valence-corrected chi connectivity index (χ2v) is 4.92. The van der Waals surface area contributed by atoms with E-state index in [1.807, 2.05) is 32.0 Å². The maximum atomic E-state index is 12.3. The Balaban J connectivity index is 2.50. The van der Waals surface area contributed by atoms with E-state index in [1.54, 1.807) is 0 Å². The van der Waals surface area contributed by atoms with Crippen LogP contribution in [0.15, 0.2) is 36.4 Å². The second kappa shape index (κ2) is 5.37. The Morgan fingerprint density at radius 1 is 0.950 bits per heavy atom. The molecule has 0 atom stereocenters. The molecule has 0 saturated heterocycles. The molecule has 2 aromatic rings. The standard InChI is InChI=1S/C15H12ClF3O/c1-9-3-4-10(2)12(7-9)13-8-11(5-6-14(13)16)20-15(17,18)19/h3-8H,1-2H3. The third-order valence-electron chi connectivity index (χ3n) is 2.85. The lowest BCUT2D eigenvalue weighted by molar-refractivity contribution is -0.274. The molecular weight excluding hydrogens is 289 g/mol. The Kier molecular flexibility index (Phi) is 3.95. The summed E-state index contributed by atoms with van der Waals surface area (Å²) in [5.41, 5.74) is 3.25. The van der Waals surface area contributed by atoms with Gasteiger partial charge in [0.2, 0.25) is 0 Å². The van der Waals surface area contributed by atoms with Gasteiger partial charge >= 0.3 is 6.36 Å². The van der Waals surface area contributed by atoms with Crippen molar-refractivity contribution in [2.75, 3.05) is 0 Å². The Bertz CT molecular complexity index is 636. The van der Waals surface area contributed by atoms with Gasteiger partial charge in [0.1, 0.15) is 5.75 Å². The first-order chi connectivity index (χ1) is 9.26. The number of halogens is 4. The molecule has 0 aromatic heterocycles. The molecule has 20 heavy (non-hydrogen) atoms. The molecule has 0 bridgehead atoms. The van der Waals surface area contributed by atoms with Crippen molar-refractivity contribution >= 4 is 11.6 Å². The van der Waals surface area contributed by atoms with Gasteiger partial charge in [-0.3, -0.25) is 0 Å². The van der Waals surface area contributed by atoms with Crippen LogP contribution in [0.4, 0.5) is 13.2 Å². The highest BCUT2D eigenvalue weighted by Crippen LogP contribution is 2.35. The molecular formula is C15H12ClF3O. The van der Waals surface area contributed by atoms with Gasteiger partial charge in [-0.15, -0.1) is 13.2 Å². The molecule has 0 amide bonds. The molecule has 0 heterocycles. The van der Waals surface area contributed by atoms with Crippen LogP contribution in [0, 0.1) is 13.8 Å². The number of aryl methyl sites for hydroxylation is 2. The van der Waals surface area contributed by atoms with E-state index in [0.717, 1.165) is 16.7 Å². The van der Waals surface area contributed by atoms with Gasteiger partial charge in [-0.05, 0) is 43.2 Å². The zero-order valence-corrected chi connectivity index (χ0v) is 11.6. The molecule has 106 valence electrons. The van der Waals surface area contributed by atoms with E-state index in [-0.39, 0.29) is 5.75 Å². The summed E-state index contributed by atoms with van der Waals surface area (Å²) in [6.07, 6.45) is -4.72. The van der Waals surface area contributed by atoms with E-state index in [4.69, 9.17) is 11.6 Å². The minimum absolute atomic E-state index is 0.280. The topological polar surface area (TPSA) is 9.23 Å². The van der Waals surface area contributed by atoms with Crippen molar-refractivity contribution in [3.05, 3.63) is 52.5 Å². The summed E-state index contributed by atoms with van der Waals surface area (Å²) in [4.78, 5) is 0. The third kappa shape index (κ3) is 3.45. The van der Waals surface area contributed by atoms with Crippen LogP contribution >= 0.6 is 11.6 Å². The molecule has 0 unspecified atom stereocenters. The lowest BCUT2D eigenvalue weighted by Crippen LogP contribution is -2.17. The number of hydrogen-bond acceptors (Lipinski definition) is 1. The van der Waals surface area contributed by atoms with E-state index in [2.05, 4.69) is 4.74 Å². The van der Waals surface area contributed by atoms with E-state index in [1.165, 1.54) is 18.2 Å². The first-order valence-corrected chi connectivity index (χ1v) is 6.27. The van der Waals surface area contributed by atoms with Crippen LogP contribution in [0.1, 0.15) is 11.1 Å². The van der Waals surface area contributed by atoms with Crippen LogP contribution < -0.4 is 4.74 Å². The summed E-state index contributed by atoms with van der Waals surface area (Å²) >= 11 is 6.09. The van der Waals surface area contributed by atoms with Gasteiger partial charge in [0.25, 0.3) is 0 Å². The van der Waals surface area contributed by atoms with Gasteiger partial charge < -0.3 is 4.74 Å². The van der Waals surface area contributed by atoms with E-state index >= 15 is 0 Å². The monoisotopic (exact) mass is 300 g/mol. The van der Waals surface area contributed by atoms with Gasteiger partial charge in [-0.25, -0.2) is 0 Å². The quantitative estimate of drug-likeness (QED) is 0.709. The van der Waals surface area contributed by atoms with Gasteiger partial charge in [-0.1, -0.05) is 35.4 Å². The highest BCUT2D eigenvalue weighted by atomic mass is 35.5. The zero-order chi connectivity index (χ0) is 14.9. The minimum atomic E-state index is -4.72. The lowest BCUT2D eigenvalue weighted by atomic mass is 9.98. The van der Waals surface area contributed by atoms with Gasteiger partial charge in [0.15, 0.2) is 0 Å². The fourth-order valence-electron chi connectivity index (χ4n) is 1.93. The molecule has 0 fully saturated rings. The van der Waals surface area contributed by atoms with Crippen LogP contribution in [-0.4, -0.2) is 6.36 Å². The summed E-state index contributed by atoms with van der Waals surface area (Å²) in [7, 11) is 0. The summed E-state index contributed by atoms with van der Waals surface area (Å²) in [6.45, 7) is 3.79. The smallest absolute Gasteiger partial charge is 0.406 e. The fraction of sp³-hybridized carbons (Fsp3) is 0.200. The Hall–Kier alpha value is -1.68. The van der Waals surface area contributed by atoms with Gasteiger partial charge in [0, 0.05) is 10.6 Å². The number of alkyl halides is 3. The molecule has 1 nitrogen and oxygen atoms in total. The van der Waals surface area contributed by atoms with Crippen LogP contribution in [-0.2, 0) is 0 Å². The van der Waals surface area contributed by atoms with Gasteiger partial charge in [-0.2, -0.15) is 0 Å². The molecule has 0 aliphatic rings. The predicted molar refractivity (Wildman–Crippen MR) is 73.0 cm³/mol. The molecule has 0 N–H and O–H groups in total. The SMILES string of the molecule is Cc1ccc(C)c(-c2cc(OC(F)(F)F)ccc2Cl)c1. The molecule has 0 spiro atoms. The molecule has 5 heteroatoms. The van der Waals surface area contributed by atoms with Crippen molar-refractivity contribution in [3.8, 4) is 16.9 Å². The Morgan fingerprint density at radius 2 is 1.65 bits per heavy atom. The van der Waals surface area contributed by atoms with Crippen LogP contribution in [0.2, 0.25) is 5.02 Å². The average Bonchev–Trinajstić information content (AvgIpc) is 2.33. The highest BCUT2D eigenvalue weighted by molar-refractivity contribution is 6.33. The maximum Gasteiger partial charge on any atom is 0.573 e. The molecule has 0 aliphatic heterocycles.